The zero-order valence-electron chi connectivity index (χ0n) is 13.6. The van der Waals surface area contributed by atoms with Crippen molar-refractivity contribution in [3.63, 3.8) is 0 Å². The topological polar surface area (TPSA) is 79.5 Å². The van der Waals surface area contributed by atoms with Crippen molar-refractivity contribution in [1.82, 2.24) is 16.0 Å². The minimum atomic E-state index is -0.258. The van der Waals surface area contributed by atoms with Crippen LogP contribution in [0.15, 0.2) is 24.3 Å². The molecule has 0 atom stereocenters. The number of nitrogens with one attached hydrogen (secondary N) is 3. The van der Waals surface area contributed by atoms with Crippen LogP contribution < -0.4 is 20.7 Å². The van der Waals surface area contributed by atoms with Crippen LogP contribution >= 0.6 is 0 Å². The monoisotopic (exact) mass is 319 g/mol. The molecular formula is C17H25N3O3. The van der Waals surface area contributed by atoms with Gasteiger partial charge in [-0.25, -0.2) is 4.79 Å². The van der Waals surface area contributed by atoms with Crippen LogP contribution in [-0.4, -0.2) is 32.1 Å². The van der Waals surface area contributed by atoms with Gasteiger partial charge in [0.1, 0.15) is 5.75 Å². The third-order valence-corrected chi connectivity index (χ3v) is 4.07. The molecule has 6 nitrogen and oxygen atoms in total. The number of benzene rings is 1. The fourth-order valence-corrected chi connectivity index (χ4v) is 2.78. The summed E-state index contributed by atoms with van der Waals surface area (Å²) in [7, 11) is 1.60. The van der Waals surface area contributed by atoms with Gasteiger partial charge in [-0.2, -0.15) is 0 Å². The van der Waals surface area contributed by atoms with Crippen molar-refractivity contribution < 1.29 is 14.3 Å². The first-order valence-electron chi connectivity index (χ1n) is 8.12. The lowest BCUT2D eigenvalue weighted by Crippen LogP contribution is -2.41. The van der Waals surface area contributed by atoms with Crippen molar-refractivity contribution in [2.75, 3.05) is 20.2 Å². The van der Waals surface area contributed by atoms with E-state index in [0.29, 0.717) is 19.6 Å². The lowest BCUT2D eigenvalue weighted by molar-refractivity contribution is -0.124. The quantitative estimate of drug-likeness (QED) is 0.671. The number of ether oxygens (including phenoxy) is 1. The van der Waals surface area contributed by atoms with Gasteiger partial charge in [-0.15, -0.1) is 0 Å². The molecule has 0 spiro atoms. The third-order valence-electron chi connectivity index (χ3n) is 4.07. The third kappa shape index (κ3) is 5.47. The Hall–Kier alpha value is -2.24. The van der Waals surface area contributed by atoms with Gasteiger partial charge in [0, 0.05) is 31.1 Å². The van der Waals surface area contributed by atoms with E-state index < -0.39 is 0 Å². The summed E-state index contributed by atoms with van der Waals surface area (Å²) in [6, 6.07) is 7.28. The highest BCUT2D eigenvalue weighted by Gasteiger charge is 2.21. The number of carbonyl (C=O) groups excluding carboxylic acids is 2. The fourth-order valence-electron chi connectivity index (χ4n) is 2.78. The van der Waals surface area contributed by atoms with E-state index in [1.54, 1.807) is 7.11 Å². The smallest absolute Gasteiger partial charge is 0.315 e. The average molecular weight is 319 g/mol. The largest absolute Gasteiger partial charge is 0.496 e. The van der Waals surface area contributed by atoms with E-state index in [4.69, 9.17) is 4.74 Å². The molecule has 126 valence electrons. The molecule has 2 rings (SSSR count). The Labute approximate surface area is 137 Å². The number of amides is 3. The van der Waals surface area contributed by atoms with Gasteiger partial charge in [0.15, 0.2) is 0 Å². The lowest BCUT2D eigenvalue weighted by atomic mass is 10.1. The maximum absolute atomic E-state index is 11.8. The summed E-state index contributed by atoms with van der Waals surface area (Å²) >= 11 is 0. The number of rotatable bonds is 7. The molecule has 1 aromatic rings. The number of hydrogen-bond donors (Lipinski definition) is 3. The second-order valence-electron chi connectivity index (χ2n) is 5.69. The molecule has 1 aliphatic rings. The summed E-state index contributed by atoms with van der Waals surface area (Å²) in [4.78, 5) is 23.6. The standard InChI is InChI=1S/C17H25N3O3/c1-23-15-9-5-4-8-14(15)12-20-17(22)19-11-10-18-16(21)13-6-2-3-7-13/h4-5,8-9,13H,2-3,6-7,10-12H2,1H3,(H,18,21)(H2,19,20,22). The summed E-state index contributed by atoms with van der Waals surface area (Å²) in [5.41, 5.74) is 0.916. The zero-order valence-corrected chi connectivity index (χ0v) is 13.6. The fraction of sp³-hybridized carbons (Fsp3) is 0.529. The molecule has 1 aromatic carbocycles. The molecule has 1 saturated carbocycles. The van der Waals surface area contributed by atoms with Crippen LogP contribution in [0.3, 0.4) is 0 Å². The van der Waals surface area contributed by atoms with Crippen LogP contribution in [0, 0.1) is 5.92 Å². The maximum atomic E-state index is 11.8. The van der Waals surface area contributed by atoms with Gasteiger partial charge < -0.3 is 20.7 Å². The molecule has 0 bridgehead atoms. The number of carbonyl (C=O) groups is 2. The van der Waals surface area contributed by atoms with Crippen LogP contribution in [0.2, 0.25) is 0 Å². The molecule has 6 heteroatoms. The maximum Gasteiger partial charge on any atom is 0.315 e. The van der Waals surface area contributed by atoms with Crippen molar-refractivity contribution >= 4 is 11.9 Å². The molecule has 1 aliphatic carbocycles. The highest BCUT2D eigenvalue weighted by atomic mass is 16.5. The van der Waals surface area contributed by atoms with Gasteiger partial charge in [0.2, 0.25) is 5.91 Å². The van der Waals surface area contributed by atoms with Crippen molar-refractivity contribution in [2.45, 2.75) is 32.2 Å². The first-order chi connectivity index (χ1) is 11.2. The lowest BCUT2D eigenvalue weighted by Gasteiger charge is -2.12. The Kier molecular flexibility index (Phi) is 6.72. The van der Waals surface area contributed by atoms with E-state index in [-0.39, 0.29) is 17.9 Å². The number of urea groups is 1. The van der Waals surface area contributed by atoms with E-state index in [1.807, 2.05) is 24.3 Å². The van der Waals surface area contributed by atoms with Crippen LogP contribution in [0.1, 0.15) is 31.2 Å². The molecular weight excluding hydrogens is 294 g/mol. The van der Waals surface area contributed by atoms with Crippen molar-refractivity contribution in [3.8, 4) is 5.75 Å². The van der Waals surface area contributed by atoms with Crippen molar-refractivity contribution in [1.29, 1.82) is 0 Å². The molecule has 23 heavy (non-hydrogen) atoms. The van der Waals surface area contributed by atoms with Gasteiger partial charge >= 0.3 is 6.03 Å². The Bertz CT molecular complexity index is 528. The minimum Gasteiger partial charge on any atom is -0.496 e. The van der Waals surface area contributed by atoms with Crippen LogP contribution in [0.25, 0.3) is 0 Å². The summed E-state index contributed by atoms with van der Waals surface area (Å²) in [5, 5.41) is 8.38. The highest BCUT2D eigenvalue weighted by Crippen LogP contribution is 2.24. The summed E-state index contributed by atoms with van der Waals surface area (Å²) in [6.45, 7) is 1.26. The molecule has 0 radical (unpaired) electrons. The molecule has 0 saturated heterocycles. The summed E-state index contributed by atoms with van der Waals surface area (Å²) in [5.74, 6) is 1.02. The number of hydrogen-bond acceptors (Lipinski definition) is 3. The van der Waals surface area contributed by atoms with E-state index in [0.717, 1.165) is 37.0 Å². The predicted molar refractivity (Wildman–Crippen MR) is 88.2 cm³/mol. The molecule has 0 aliphatic heterocycles. The van der Waals surface area contributed by atoms with Crippen molar-refractivity contribution in [2.24, 2.45) is 5.92 Å². The van der Waals surface area contributed by atoms with E-state index in [1.165, 1.54) is 0 Å². The van der Waals surface area contributed by atoms with Crippen LogP contribution in [-0.2, 0) is 11.3 Å². The molecule has 1 fully saturated rings. The van der Waals surface area contributed by atoms with E-state index >= 15 is 0 Å². The summed E-state index contributed by atoms with van der Waals surface area (Å²) in [6.07, 6.45) is 4.25. The SMILES string of the molecule is COc1ccccc1CNC(=O)NCCNC(=O)C1CCCC1. The second kappa shape index (κ2) is 9.02. The summed E-state index contributed by atoms with van der Waals surface area (Å²) < 4.78 is 5.23. The predicted octanol–water partition coefficient (Wildman–Crippen LogP) is 1.80. The van der Waals surface area contributed by atoms with E-state index in [2.05, 4.69) is 16.0 Å². The van der Waals surface area contributed by atoms with Gasteiger partial charge in [0.05, 0.1) is 7.11 Å². The normalized spacial score (nSPS) is 14.3. The van der Waals surface area contributed by atoms with Crippen molar-refractivity contribution in [3.05, 3.63) is 29.8 Å². The highest BCUT2D eigenvalue weighted by molar-refractivity contribution is 5.79. The van der Waals surface area contributed by atoms with E-state index in [9.17, 15) is 9.59 Å². The van der Waals surface area contributed by atoms with Crippen LogP contribution in [0.5, 0.6) is 5.75 Å². The first-order valence-corrected chi connectivity index (χ1v) is 8.12. The second-order valence-corrected chi connectivity index (χ2v) is 5.69. The number of para-hydroxylation sites is 1. The average Bonchev–Trinajstić information content (AvgIpc) is 3.11. The first kappa shape index (κ1) is 17.1. The zero-order chi connectivity index (χ0) is 16.5. The molecule has 3 amide bonds. The van der Waals surface area contributed by atoms with Gasteiger partial charge in [-0.3, -0.25) is 4.79 Å². The minimum absolute atomic E-state index is 0.110. The molecule has 3 N–H and O–H groups in total. The molecule has 0 aromatic heterocycles. The number of methoxy groups -OCH3 is 1. The Morgan fingerprint density at radius 2 is 1.78 bits per heavy atom. The van der Waals surface area contributed by atoms with Gasteiger partial charge in [-0.05, 0) is 18.9 Å². The Morgan fingerprint density at radius 3 is 2.52 bits per heavy atom. The van der Waals surface area contributed by atoms with Crippen LogP contribution in [0.4, 0.5) is 4.79 Å². The Morgan fingerprint density at radius 1 is 1.09 bits per heavy atom. The molecule has 0 heterocycles. The Balaban J connectivity index is 1.60. The van der Waals surface area contributed by atoms with Gasteiger partial charge in [-0.1, -0.05) is 31.0 Å². The molecule has 0 unspecified atom stereocenters. The van der Waals surface area contributed by atoms with Gasteiger partial charge in [0.25, 0.3) is 0 Å².